The highest BCUT2D eigenvalue weighted by molar-refractivity contribution is 5.89. The van der Waals surface area contributed by atoms with E-state index in [1.54, 1.807) is 23.9 Å². The molecule has 0 fully saturated rings. The number of urea groups is 1. The normalized spacial score (nSPS) is 10.3. The highest BCUT2D eigenvalue weighted by Crippen LogP contribution is 2.13. The van der Waals surface area contributed by atoms with E-state index in [0.29, 0.717) is 19.5 Å². The fourth-order valence-electron chi connectivity index (χ4n) is 2.57. The molecule has 2 aromatic carbocycles. The van der Waals surface area contributed by atoms with E-state index >= 15 is 0 Å². The zero-order chi connectivity index (χ0) is 18.9. The van der Waals surface area contributed by atoms with Crippen LogP contribution in [0, 0.1) is 0 Å². The smallest absolute Gasteiger partial charge is 0.322 e. The van der Waals surface area contributed by atoms with Gasteiger partial charge in [-0.1, -0.05) is 49.4 Å². The molecule has 3 amide bonds. The zero-order valence-corrected chi connectivity index (χ0v) is 15.7. The lowest BCUT2D eigenvalue weighted by Gasteiger charge is -2.23. The van der Waals surface area contributed by atoms with Gasteiger partial charge in [0.05, 0.1) is 6.42 Å². The Bertz CT molecular complexity index is 712. The average molecular weight is 353 g/mol. The topological polar surface area (TPSA) is 52.7 Å². The number of carbonyl (C=O) groups is 2. The van der Waals surface area contributed by atoms with Gasteiger partial charge in [0.2, 0.25) is 5.91 Å². The fraction of sp³-hybridized carbons (Fsp3) is 0.333. The Labute approximate surface area is 155 Å². The van der Waals surface area contributed by atoms with Crippen molar-refractivity contribution in [2.75, 3.05) is 26.0 Å². The molecule has 0 spiro atoms. The van der Waals surface area contributed by atoms with Crippen molar-refractivity contribution in [3.05, 3.63) is 65.7 Å². The lowest BCUT2D eigenvalue weighted by molar-refractivity contribution is -0.127. The number of nitrogens with one attached hydrogen (secondary N) is 1. The van der Waals surface area contributed by atoms with Crippen molar-refractivity contribution in [2.24, 2.45) is 0 Å². The minimum absolute atomic E-state index is 0.0544. The summed E-state index contributed by atoms with van der Waals surface area (Å²) in [5, 5.41) is 2.94. The summed E-state index contributed by atoms with van der Waals surface area (Å²) in [7, 11) is 3.48. The van der Waals surface area contributed by atoms with Crippen LogP contribution in [0.5, 0.6) is 0 Å². The minimum Gasteiger partial charge on any atom is -0.349 e. The molecule has 138 valence electrons. The van der Waals surface area contributed by atoms with Crippen LogP contribution < -0.4 is 5.32 Å². The third-order valence-corrected chi connectivity index (χ3v) is 4.06. The number of anilines is 1. The Kier molecular flexibility index (Phi) is 7.21. The summed E-state index contributed by atoms with van der Waals surface area (Å²) in [4.78, 5) is 27.7. The Morgan fingerprint density at radius 1 is 0.923 bits per heavy atom. The van der Waals surface area contributed by atoms with Gasteiger partial charge in [0.15, 0.2) is 0 Å². The number of amides is 3. The molecule has 0 heterocycles. The molecule has 0 atom stereocenters. The van der Waals surface area contributed by atoms with Gasteiger partial charge < -0.3 is 15.1 Å². The van der Waals surface area contributed by atoms with Gasteiger partial charge in [0.25, 0.3) is 0 Å². The van der Waals surface area contributed by atoms with E-state index in [0.717, 1.165) is 23.2 Å². The molecule has 1 N–H and O–H groups in total. The maximum Gasteiger partial charge on any atom is 0.322 e. The molecule has 0 aliphatic carbocycles. The molecule has 0 saturated heterocycles. The van der Waals surface area contributed by atoms with Gasteiger partial charge in [-0.25, -0.2) is 4.79 Å². The fourth-order valence-corrected chi connectivity index (χ4v) is 2.57. The highest BCUT2D eigenvalue weighted by Gasteiger charge is 2.13. The molecule has 5 nitrogen and oxygen atoms in total. The second-order valence-corrected chi connectivity index (χ2v) is 6.50. The van der Waals surface area contributed by atoms with Crippen molar-refractivity contribution in [3.63, 3.8) is 0 Å². The van der Waals surface area contributed by atoms with Crippen LogP contribution in [0.15, 0.2) is 54.6 Å². The monoisotopic (exact) mass is 353 g/mol. The molecule has 0 aromatic heterocycles. The van der Waals surface area contributed by atoms with Crippen molar-refractivity contribution >= 4 is 17.6 Å². The molecular formula is C21H27N3O2. The van der Waals surface area contributed by atoms with E-state index in [4.69, 9.17) is 0 Å². The third kappa shape index (κ3) is 5.92. The maximum absolute atomic E-state index is 12.6. The van der Waals surface area contributed by atoms with E-state index < -0.39 is 0 Å². The standard InChI is InChI=1S/C21H27N3O2/c1-4-14-24(16-18-8-6-5-7-9-18)21(26)22-19-12-10-17(11-13-19)15-20(25)23(2)3/h5-13H,4,14-16H2,1-3H3,(H,22,26). The zero-order valence-electron chi connectivity index (χ0n) is 15.7. The summed E-state index contributed by atoms with van der Waals surface area (Å²) in [6, 6.07) is 17.3. The molecule has 2 rings (SSSR count). The molecule has 0 aliphatic heterocycles. The van der Waals surface area contributed by atoms with Gasteiger partial charge in [-0.2, -0.15) is 0 Å². The van der Waals surface area contributed by atoms with Crippen LogP contribution in [0.2, 0.25) is 0 Å². The summed E-state index contributed by atoms with van der Waals surface area (Å²) in [5.74, 6) is 0.0544. The van der Waals surface area contributed by atoms with Gasteiger partial charge in [0.1, 0.15) is 0 Å². The average Bonchev–Trinajstić information content (AvgIpc) is 2.63. The van der Waals surface area contributed by atoms with Gasteiger partial charge in [-0.05, 0) is 29.7 Å². The van der Waals surface area contributed by atoms with Crippen LogP contribution in [0.3, 0.4) is 0 Å². The van der Waals surface area contributed by atoms with E-state index in [2.05, 4.69) is 12.2 Å². The van der Waals surface area contributed by atoms with E-state index in [1.807, 2.05) is 54.6 Å². The maximum atomic E-state index is 12.6. The predicted molar refractivity (Wildman–Crippen MR) is 105 cm³/mol. The van der Waals surface area contributed by atoms with Crippen LogP contribution >= 0.6 is 0 Å². The van der Waals surface area contributed by atoms with E-state index in [9.17, 15) is 9.59 Å². The van der Waals surface area contributed by atoms with Crippen molar-refractivity contribution in [3.8, 4) is 0 Å². The number of nitrogens with zero attached hydrogens (tertiary/aromatic N) is 2. The molecule has 0 unspecified atom stereocenters. The number of benzene rings is 2. The molecule has 0 radical (unpaired) electrons. The SMILES string of the molecule is CCCN(Cc1ccccc1)C(=O)Nc1ccc(CC(=O)N(C)C)cc1. The summed E-state index contributed by atoms with van der Waals surface area (Å²) < 4.78 is 0. The van der Waals surface area contributed by atoms with Crippen LogP contribution in [0.4, 0.5) is 10.5 Å². The minimum atomic E-state index is -0.118. The second-order valence-electron chi connectivity index (χ2n) is 6.50. The molecule has 0 saturated carbocycles. The third-order valence-electron chi connectivity index (χ3n) is 4.06. The van der Waals surface area contributed by atoms with Crippen molar-refractivity contribution in [1.82, 2.24) is 9.80 Å². The predicted octanol–water partition coefficient (Wildman–Crippen LogP) is 3.76. The second kappa shape index (κ2) is 9.61. The molecule has 0 aliphatic rings. The first-order valence-corrected chi connectivity index (χ1v) is 8.88. The lowest BCUT2D eigenvalue weighted by Crippen LogP contribution is -2.35. The molecule has 26 heavy (non-hydrogen) atoms. The van der Waals surface area contributed by atoms with Gasteiger partial charge in [0, 0.05) is 32.9 Å². The number of likely N-dealkylation sites (N-methyl/N-ethyl adjacent to an activating group) is 1. The van der Waals surface area contributed by atoms with Crippen LogP contribution in [-0.4, -0.2) is 42.4 Å². The molecular weight excluding hydrogens is 326 g/mol. The van der Waals surface area contributed by atoms with Crippen LogP contribution in [0.1, 0.15) is 24.5 Å². The van der Waals surface area contributed by atoms with E-state index in [-0.39, 0.29) is 11.9 Å². The van der Waals surface area contributed by atoms with Crippen LogP contribution in [0.25, 0.3) is 0 Å². The largest absolute Gasteiger partial charge is 0.349 e. The molecule has 0 bridgehead atoms. The Morgan fingerprint density at radius 2 is 1.58 bits per heavy atom. The van der Waals surface area contributed by atoms with Gasteiger partial charge in [-0.15, -0.1) is 0 Å². The van der Waals surface area contributed by atoms with Crippen molar-refractivity contribution < 1.29 is 9.59 Å². The van der Waals surface area contributed by atoms with Gasteiger partial charge >= 0.3 is 6.03 Å². The Balaban J connectivity index is 1.98. The Morgan fingerprint density at radius 3 is 2.15 bits per heavy atom. The number of hydrogen-bond acceptors (Lipinski definition) is 2. The van der Waals surface area contributed by atoms with E-state index in [1.165, 1.54) is 0 Å². The Hall–Kier alpha value is -2.82. The number of hydrogen-bond donors (Lipinski definition) is 1. The first-order valence-electron chi connectivity index (χ1n) is 8.88. The summed E-state index contributed by atoms with van der Waals surface area (Å²) >= 11 is 0. The van der Waals surface area contributed by atoms with Crippen LogP contribution in [-0.2, 0) is 17.8 Å². The molecule has 5 heteroatoms. The molecule has 2 aromatic rings. The first-order chi connectivity index (χ1) is 12.5. The first kappa shape index (κ1) is 19.5. The quantitative estimate of drug-likeness (QED) is 0.824. The van der Waals surface area contributed by atoms with Gasteiger partial charge in [-0.3, -0.25) is 4.79 Å². The lowest BCUT2D eigenvalue weighted by atomic mass is 10.1. The number of rotatable bonds is 7. The highest BCUT2D eigenvalue weighted by atomic mass is 16.2. The van der Waals surface area contributed by atoms with Crippen molar-refractivity contribution in [2.45, 2.75) is 26.3 Å². The summed E-state index contributed by atoms with van der Waals surface area (Å²) in [6.45, 7) is 3.33. The summed E-state index contributed by atoms with van der Waals surface area (Å²) in [5.41, 5.74) is 2.76. The number of carbonyl (C=O) groups excluding carboxylic acids is 2. The summed E-state index contributed by atoms with van der Waals surface area (Å²) in [6.07, 6.45) is 1.25. The van der Waals surface area contributed by atoms with Crippen molar-refractivity contribution in [1.29, 1.82) is 0 Å².